The van der Waals surface area contributed by atoms with E-state index in [0.29, 0.717) is 25.1 Å². The van der Waals surface area contributed by atoms with Crippen LogP contribution in [-0.4, -0.2) is 44.9 Å². The van der Waals surface area contributed by atoms with Crippen LogP contribution in [0.25, 0.3) is 0 Å². The van der Waals surface area contributed by atoms with Crippen molar-refractivity contribution in [3.8, 4) is 0 Å². The van der Waals surface area contributed by atoms with E-state index in [4.69, 9.17) is 5.73 Å². The summed E-state index contributed by atoms with van der Waals surface area (Å²) in [4.78, 5) is 11.4. The van der Waals surface area contributed by atoms with Crippen LogP contribution in [0.15, 0.2) is 29.2 Å². The first-order valence-corrected chi connectivity index (χ1v) is 7.33. The Balaban J connectivity index is 0.00000200. The lowest BCUT2D eigenvalue weighted by Crippen LogP contribution is -2.31. The molecule has 0 saturated carbocycles. The van der Waals surface area contributed by atoms with Crippen molar-refractivity contribution in [3.63, 3.8) is 0 Å². The van der Waals surface area contributed by atoms with Gasteiger partial charge in [0.05, 0.1) is 17.6 Å². The monoisotopic (exact) mass is 320 g/mol. The number of methoxy groups -OCH3 is 1. The first-order valence-electron chi connectivity index (χ1n) is 5.89. The molecule has 0 spiro atoms. The molecule has 2 N–H and O–H groups in total. The molecule has 0 bridgehead atoms. The van der Waals surface area contributed by atoms with Crippen molar-refractivity contribution >= 4 is 28.4 Å². The third kappa shape index (κ3) is 3.29. The standard InChI is InChI=1S/C12H16N2O4S.ClH/c1-18-12(15)9-2-4-11(5-3-9)19(16,17)14-7-6-10(13)8-14;/h2-5,10H,6-8,13H2,1H3;1H/t10-;/m0./s1. The predicted octanol–water partition coefficient (Wildman–Crippen LogP) is 0.617. The summed E-state index contributed by atoms with van der Waals surface area (Å²) >= 11 is 0. The van der Waals surface area contributed by atoms with Gasteiger partial charge in [-0.25, -0.2) is 13.2 Å². The average molecular weight is 321 g/mol. The first-order chi connectivity index (χ1) is 8.95. The van der Waals surface area contributed by atoms with Gasteiger partial charge in [0, 0.05) is 19.1 Å². The van der Waals surface area contributed by atoms with E-state index < -0.39 is 16.0 Å². The summed E-state index contributed by atoms with van der Waals surface area (Å²) in [5.74, 6) is -0.493. The van der Waals surface area contributed by atoms with Crippen LogP contribution >= 0.6 is 12.4 Å². The number of esters is 1. The van der Waals surface area contributed by atoms with E-state index >= 15 is 0 Å². The van der Waals surface area contributed by atoms with Gasteiger partial charge in [-0.05, 0) is 30.7 Å². The highest BCUT2D eigenvalue weighted by molar-refractivity contribution is 7.89. The average Bonchev–Trinajstić information content (AvgIpc) is 2.85. The van der Waals surface area contributed by atoms with Crippen molar-refractivity contribution in [2.45, 2.75) is 17.4 Å². The number of ether oxygens (including phenoxy) is 1. The van der Waals surface area contributed by atoms with Gasteiger partial charge >= 0.3 is 5.97 Å². The molecule has 6 nitrogen and oxygen atoms in total. The van der Waals surface area contributed by atoms with Crippen LogP contribution in [0.4, 0.5) is 0 Å². The van der Waals surface area contributed by atoms with Gasteiger partial charge in [-0.3, -0.25) is 0 Å². The number of carbonyl (C=O) groups is 1. The smallest absolute Gasteiger partial charge is 0.337 e. The van der Waals surface area contributed by atoms with Crippen LogP contribution in [0.1, 0.15) is 16.8 Å². The maximum Gasteiger partial charge on any atom is 0.337 e. The minimum absolute atomic E-state index is 0. The number of nitrogens with zero attached hydrogens (tertiary/aromatic N) is 1. The fraction of sp³-hybridized carbons (Fsp3) is 0.417. The lowest BCUT2D eigenvalue weighted by Gasteiger charge is -2.15. The van der Waals surface area contributed by atoms with E-state index in [-0.39, 0.29) is 23.3 Å². The van der Waals surface area contributed by atoms with Crippen molar-refractivity contribution in [3.05, 3.63) is 29.8 Å². The SMILES string of the molecule is COC(=O)c1ccc(S(=O)(=O)N2CC[C@H](N)C2)cc1.Cl. The molecule has 112 valence electrons. The van der Waals surface area contributed by atoms with E-state index in [1.165, 1.54) is 35.7 Å². The van der Waals surface area contributed by atoms with Gasteiger partial charge in [0.1, 0.15) is 0 Å². The fourth-order valence-corrected chi connectivity index (χ4v) is 3.51. The maximum atomic E-state index is 12.3. The molecule has 0 aliphatic carbocycles. The highest BCUT2D eigenvalue weighted by Crippen LogP contribution is 2.20. The van der Waals surface area contributed by atoms with E-state index in [1.54, 1.807) is 0 Å². The van der Waals surface area contributed by atoms with Gasteiger partial charge < -0.3 is 10.5 Å². The van der Waals surface area contributed by atoms with Crippen LogP contribution in [0.3, 0.4) is 0 Å². The first kappa shape index (κ1) is 16.9. The summed E-state index contributed by atoms with van der Waals surface area (Å²) < 4.78 is 30.5. The minimum atomic E-state index is -3.52. The normalized spacial score (nSPS) is 19.4. The Morgan fingerprint density at radius 3 is 2.40 bits per heavy atom. The Morgan fingerprint density at radius 2 is 1.95 bits per heavy atom. The van der Waals surface area contributed by atoms with Crippen LogP contribution in [0.5, 0.6) is 0 Å². The highest BCUT2D eigenvalue weighted by Gasteiger charge is 2.30. The number of halogens is 1. The van der Waals surface area contributed by atoms with Crippen molar-refractivity contribution in [1.82, 2.24) is 4.31 Å². The van der Waals surface area contributed by atoms with Gasteiger partial charge in [-0.15, -0.1) is 12.4 Å². The van der Waals surface area contributed by atoms with E-state index in [0.717, 1.165) is 0 Å². The molecule has 0 aromatic heterocycles. The number of hydrogen-bond acceptors (Lipinski definition) is 5. The molecule has 0 unspecified atom stereocenters. The lowest BCUT2D eigenvalue weighted by atomic mass is 10.2. The van der Waals surface area contributed by atoms with Gasteiger partial charge in [0.15, 0.2) is 0 Å². The molecule has 1 aliphatic rings. The summed E-state index contributed by atoms with van der Waals surface area (Å²) in [7, 11) is -2.24. The highest BCUT2D eigenvalue weighted by atomic mass is 35.5. The molecule has 2 rings (SSSR count). The number of rotatable bonds is 3. The van der Waals surface area contributed by atoms with Gasteiger partial charge in [-0.1, -0.05) is 0 Å². The zero-order valence-electron chi connectivity index (χ0n) is 11.0. The molecule has 1 aromatic rings. The number of nitrogens with two attached hydrogens (primary N) is 1. The summed E-state index contributed by atoms with van der Waals surface area (Å²) in [5, 5.41) is 0. The second-order valence-corrected chi connectivity index (χ2v) is 6.37. The van der Waals surface area contributed by atoms with Crippen LogP contribution in [0.2, 0.25) is 0 Å². The van der Waals surface area contributed by atoms with Crippen LogP contribution in [0, 0.1) is 0 Å². The molecule has 8 heteroatoms. The van der Waals surface area contributed by atoms with E-state index in [2.05, 4.69) is 4.74 Å². The summed E-state index contributed by atoms with van der Waals surface area (Å²) in [6.07, 6.45) is 0.666. The molecule has 1 aliphatic heterocycles. The quantitative estimate of drug-likeness (QED) is 0.824. The number of sulfonamides is 1. The molecular weight excluding hydrogens is 304 g/mol. The molecule has 1 saturated heterocycles. The zero-order valence-corrected chi connectivity index (χ0v) is 12.6. The van der Waals surface area contributed by atoms with Crippen molar-refractivity contribution in [2.24, 2.45) is 5.73 Å². The third-order valence-electron chi connectivity index (χ3n) is 3.10. The second-order valence-electron chi connectivity index (χ2n) is 4.43. The number of benzene rings is 1. The summed E-state index contributed by atoms with van der Waals surface area (Å²) in [5.41, 5.74) is 6.03. The molecule has 1 aromatic carbocycles. The van der Waals surface area contributed by atoms with Crippen molar-refractivity contribution < 1.29 is 17.9 Å². The molecule has 0 radical (unpaired) electrons. The van der Waals surface area contributed by atoms with Crippen LogP contribution < -0.4 is 5.73 Å². The Kier molecular flexibility index (Phi) is 5.52. The largest absolute Gasteiger partial charge is 0.465 e. The number of carbonyl (C=O) groups excluding carboxylic acids is 1. The fourth-order valence-electron chi connectivity index (χ4n) is 2.00. The summed E-state index contributed by atoms with van der Waals surface area (Å²) in [6.45, 7) is 0.767. The Bertz CT molecular complexity index is 574. The maximum absolute atomic E-state index is 12.3. The molecular formula is C12H17ClN2O4S. The third-order valence-corrected chi connectivity index (χ3v) is 4.98. The van der Waals surface area contributed by atoms with Gasteiger partial charge in [0.25, 0.3) is 0 Å². The molecule has 20 heavy (non-hydrogen) atoms. The molecule has 0 amide bonds. The van der Waals surface area contributed by atoms with Gasteiger partial charge in [-0.2, -0.15) is 4.31 Å². The van der Waals surface area contributed by atoms with Crippen molar-refractivity contribution in [1.29, 1.82) is 0 Å². The van der Waals surface area contributed by atoms with E-state index in [9.17, 15) is 13.2 Å². The Hall–Kier alpha value is -1.15. The topological polar surface area (TPSA) is 89.7 Å². The van der Waals surface area contributed by atoms with Gasteiger partial charge in [0.2, 0.25) is 10.0 Å². The number of hydrogen-bond donors (Lipinski definition) is 1. The van der Waals surface area contributed by atoms with Crippen molar-refractivity contribution in [2.75, 3.05) is 20.2 Å². The molecule has 1 heterocycles. The summed E-state index contributed by atoms with van der Waals surface area (Å²) in [6, 6.07) is 5.59. The zero-order chi connectivity index (χ0) is 14.0. The molecule has 1 fully saturated rings. The Labute approximate surface area is 124 Å². The van der Waals surface area contributed by atoms with E-state index in [1.807, 2.05) is 0 Å². The minimum Gasteiger partial charge on any atom is -0.465 e. The Morgan fingerprint density at radius 1 is 1.35 bits per heavy atom. The molecule has 1 atom stereocenters. The van der Waals surface area contributed by atoms with Crippen LogP contribution in [-0.2, 0) is 14.8 Å². The lowest BCUT2D eigenvalue weighted by molar-refractivity contribution is 0.0600. The second kappa shape index (κ2) is 6.53. The predicted molar refractivity (Wildman–Crippen MR) is 76.4 cm³/mol.